The van der Waals surface area contributed by atoms with Crippen LogP contribution in [0.5, 0.6) is 5.88 Å². The predicted molar refractivity (Wildman–Crippen MR) is 131 cm³/mol. The Hall–Kier alpha value is -4.66. The molecule has 4 N–H and O–H groups in total. The van der Waals surface area contributed by atoms with Gasteiger partial charge in [-0.1, -0.05) is 18.2 Å². The van der Waals surface area contributed by atoms with E-state index in [1.54, 1.807) is 36.3 Å². The SMILES string of the molecule is Cc1cc(C(=O)Nc2ccc(Cc3ccc4[nH]c(O)c(/C=N/c5ccn[nH]5)c4c3)cc2)n(C)n1. The maximum Gasteiger partial charge on any atom is 0.273 e. The number of carbonyl (C=O) groups excluding carboxylic acids is 1. The molecule has 170 valence electrons. The van der Waals surface area contributed by atoms with Gasteiger partial charge in [0.2, 0.25) is 0 Å². The molecule has 0 fully saturated rings. The van der Waals surface area contributed by atoms with Gasteiger partial charge in [-0.2, -0.15) is 10.2 Å². The largest absolute Gasteiger partial charge is 0.494 e. The zero-order valence-corrected chi connectivity index (χ0v) is 18.7. The molecule has 0 radical (unpaired) electrons. The molecule has 0 saturated carbocycles. The molecule has 0 saturated heterocycles. The van der Waals surface area contributed by atoms with Crippen molar-refractivity contribution in [3.63, 3.8) is 0 Å². The third-order valence-corrected chi connectivity index (χ3v) is 5.56. The first-order valence-electron chi connectivity index (χ1n) is 10.7. The second kappa shape index (κ2) is 8.70. The first kappa shape index (κ1) is 21.2. The summed E-state index contributed by atoms with van der Waals surface area (Å²) in [4.78, 5) is 19.8. The van der Waals surface area contributed by atoms with Gasteiger partial charge in [0.25, 0.3) is 5.91 Å². The van der Waals surface area contributed by atoms with Crippen LogP contribution < -0.4 is 5.32 Å². The number of rotatable bonds is 6. The molecule has 3 heterocycles. The van der Waals surface area contributed by atoms with Crippen LogP contribution in [0.3, 0.4) is 0 Å². The molecule has 9 heteroatoms. The first-order valence-corrected chi connectivity index (χ1v) is 10.7. The molecule has 9 nitrogen and oxygen atoms in total. The van der Waals surface area contributed by atoms with Crippen LogP contribution in [0, 0.1) is 6.92 Å². The first-order chi connectivity index (χ1) is 16.5. The fourth-order valence-corrected chi connectivity index (χ4v) is 3.90. The van der Waals surface area contributed by atoms with E-state index in [0.717, 1.165) is 33.4 Å². The summed E-state index contributed by atoms with van der Waals surface area (Å²) in [6.07, 6.45) is 3.94. The van der Waals surface area contributed by atoms with Crippen LogP contribution in [-0.2, 0) is 13.5 Å². The number of fused-ring (bicyclic) bond motifs is 1. The molecule has 34 heavy (non-hydrogen) atoms. The van der Waals surface area contributed by atoms with Gasteiger partial charge in [0.1, 0.15) is 11.5 Å². The molecule has 0 aliphatic carbocycles. The van der Waals surface area contributed by atoms with E-state index in [0.29, 0.717) is 23.5 Å². The normalized spacial score (nSPS) is 11.5. The van der Waals surface area contributed by atoms with E-state index in [1.807, 2.05) is 49.4 Å². The van der Waals surface area contributed by atoms with Gasteiger partial charge in [0.05, 0.1) is 17.5 Å². The molecule has 0 atom stereocenters. The zero-order valence-electron chi connectivity index (χ0n) is 18.7. The number of nitrogens with zero attached hydrogens (tertiary/aromatic N) is 4. The molecule has 1 amide bonds. The average Bonchev–Trinajstić information content (AvgIpc) is 3.52. The van der Waals surface area contributed by atoms with Crippen LogP contribution in [0.2, 0.25) is 0 Å². The van der Waals surface area contributed by atoms with Crippen molar-refractivity contribution >= 4 is 34.5 Å². The second-order valence-corrected chi connectivity index (χ2v) is 8.09. The van der Waals surface area contributed by atoms with E-state index in [1.165, 1.54) is 0 Å². The number of nitrogens with one attached hydrogen (secondary N) is 3. The number of aromatic nitrogens is 5. The molecule has 5 rings (SSSR count). The van der Waals surface area contributed by atoms with Crippen LogP contribution in [0.25, 0.3) is 10.9 Å². The average molecular weight is 454 g/mol. The van der Waals surface area contributed by atoms with E-state index in [-0.39, 0.29) is 11.8 Å². The second-order valence-electron chi connectivity index (χ2n) is 8.09. The van der Waals surface area contributed by atoms with Crippen molar-refractivity contribution in [2.45, 2.75) is 13.3 Å². The zero-order chi connectivity index (χ0) is 23.7. The van der Waals surface area contributed by atoms with Crippen LogP contribution in [0.4, 0.5) is 11.5 Å². The van der Waals surface area contributed by atoms with Gasteiger partial charge in [-0.15, -0.1) is 0 Å². The maximum absolute atomic E-state index is 12.5. The third-order valence-electron chi connectivity index (χ3n) is 5.56. The van der Waals surface area contributed by atoms with Crippen molar-refractivity contribution in [1.29, 1.82) is 0 Å². The van der Waals surface area contributed by atoms with Crippen LogP contribution >= 0.6 is 0 Å². The van der Waals surface area contributed by atoms with Gasteiger partial charge in [0.15, 0.2) is 5.88 Å². The number of benzene rings is 2. The lowest BCUT2D eigenvalue weighted by Gasteiger charge is -2.07. The van der Waals surface area contributed by atoms with Crippen molar-refractivity contribution in [3.05, 3.63) is 88.9 Å². The van der Waals surface area contributed by atoms with Crippen molar-refractivity contribution in [3.8, 4) is 5.88 Å². The van der Waals surface area contributed by atoms with Gasteiger partial charge in [0, 0.05) is 35.9 Å². The molecule has 0 unspecified atom stereocenters. The highest BCUT2D eigenvalue weighted by atomic mass is 16.3. The van der Waals surface area contributed by atoms with Crippen molar-refractivity contribution in [2.24, 2.45) is 12.0 Å². The number of hydrogen-bond donors (Lipinski definition) is 4. The summed E-state index contributed by atoms with van der Waals surface area (Å²) in [7, 11) is 1.75. The van der Waals surface area contributed by atoms with Crippen molar-refractivity contribution in [1.82, 2.24) is 25.0 Å². The Labute approximate surface area is 195 Å². The predicted octanol–water partition coefficient (Wildman–Crippen LogP) is 4.23. The minimum atomic E-state index is -0.196. The minimum Gasteiger partial charge on any atom is -0.494 e. The smallest absolute Gasteiger partial charge is 0.273 e. The topological polar surface area (TPSA) is 124 Å². The summed E-state index contributed by atoms with van der Waals surface area (Å²) in [5.41, 5.74) is 5.66. The van der Waals surface area contributed by atoms with Crippen LogP contribution in [-0.4, -0.2) is 42.2 Å². The molecule has 0 spiro atoms. The number of aryl methyl sites for hydroxylation is 2. The van der Waals surface area contributed by atoms with E-state index in [9.17, 15) is 9.90 Å². The number of carbonyl (C=O) groups is 1. The highest BCUT2D eigenvalue weighted by molar-refractivity contribution is 6.03. The Morgan fingerprint density at radius 2 is 1.94 bits per heavy atom. The monoisotopic (exact) mass is 453 g/mol. The summed E-state index contributed by atoms with van der Waals surface area (Å²) in [5, 5.41) is 25.0. The number of amides is 1. The Morgan fingerprint density at radius 1 is 1.15 bits per heavy atom. The van der Waals surface area contributed by atoms with Gasteiger partial charge < -0.3 is 15.4 Å². The highest BCUT2D eigenvalue weighted by Crippen LogP contribution is 2.28. The summed E-state index contributed by atoms with van der Waals surface area (Å²) in [6.45, 7) is 1.85. The van der Waals surface area contributed by atoms with E-state index >= 15 is 0 Å². The fourth-order valence-electron chi connectivity index (χ4n) is 3.90. The molecule has 2 aromatic carbocycles. The maximum atomic E-state index is 12.5. The molecule has 5 aromatic rings. The molecule has 3 aromatic heterocycles. The standard InChI is InChI=1S/C25H23N7O2/c1-15-11-22(32(2)31-15)25(34)28-18-6-3-16(4-7-18)12-17-5-8-21-19(13-17)20(24(33)29-21)14-26-23-9-10-27-30-23/h3-11,13-14,29,33H,12H2,1-2H3,(H,27,30)(H,28,34)/b26-14+. The lowest BCUT2D eigenvalue weighted by atomic mass is 10.0. The summed E-state index contributed by atoms with van der Waals surface area (Å²) in [5.74, 6) is 0.479. The van der Waals surface area contributed by atoms with Gasteiger partial charge in [-0.05, 0) is 54.8 Å². The van der Waals surface area contributed by atoms with E-state index < -0.39 is 0 Å². The van der Waals surface area contributed by atoms with Crippen molar-refractivity contribution < 1.29 is 9.90 Å². The van der Waals surface area contributed by atoms with E-state index in [2.05, 4.69) is 30.6 Å². The number of aromatic hydroxyl groups is 1. The van der Waals surface area contributed by atoms with Gasteiger partial charge in [-0.25, -0.2) is 4.99 Å². The quantitative estimate of drug-likeness (QED) is 0.287. The van der Waals surface area contributed by atoms with Crippen LogP contribution in [0.15, 0.2) is 65.8 Å². The lowest BCUT2D eigenvalue weighted by Crippen LogP contribution is -2.16. The number of anilines is 1. The summed E-state index contributed by atoms with van der Waals surface area (Å²) < 4.78 is 1.57. The Bertz CT molecular complexity index is 1490. The van der Waals surface area contributed by atoms with Crippen molar-refractivity contribution in [2.75, 3.05) is 5.32 Å². The molecule has 0 aliphatic heterocycles. The van der Waals surface area contributed by atoms with Gasteiger partial charge in [-0.3, -0.25) is 14.6 Å². The Balaban J connectivity index is 1.32. The number of hydrogen-bond acceptors (Lipinski definition) is 5. The molecular weight excluding hydrogens is 430 g/mol. The third kappa shape index (κ3) is 4.31. The number of aliphatic imine (C=N–C) groups is 1. The van der Waals surface area contributed by atoms with Crippen LogP contribution in [0.1, 0.15) is 32.9 Å². The molecule has 0 bridgehead atoms. The lowest BCUT2D eigenvalue weighted by molar-refractivity contribution is 0.101. The van der Waals surface area contributed by atoms with E-state index in [4.69, 9.17) is 0 Å². The molecule has 0 aliphatic rings. The Kier molecular flexibility index (Phi) is 5.43. The molecular formula is C25H23N7O2. The summed E-state index contributed by atoms with van der Waals surface area (Å²) >= 11 is 0. The van der Waals surface area contributed by atoms with Gasteiger partial charge >= 0.3 is 0 Å². The Morgan fingerprint density at radius 3 is 2.65 bits per heavy atom. The minimum absolute atomic E-state index is 0.0686. The summed E-state index contributed by atoms with van der Waals surface area (Å²) in [6, 6.07) is 17.3. The number of H-pyrrole nitrogens is 2. The highest BCUT2D eigenvalue weighted by Gasteiger charge is 2.13. The fraction of sp³-hybridized carbons (Fsp3) is 0.120. The number of aromatic amines is 2.